The van der Waals surface area contributed by atoms with Gasteiger partial charge in [0.1, 0.15) is 17.1 Å². The molecule has 2 amide bonds. The Hall–Kier alpha value is -1.58. The van der Waals surface area contributed by atoms with Crippen molar-refractivity contribution in [2.75, 3.05) is 5.75 Å². The normalized spacial score (nSPS) is 23.4. The molecule has 0 saturated carbocycles. The van der Waals surface area contributed by atoms with Gasteiger partial charge in [-0.15, -0.1) is 23.1 Å². The van der Waals surface area contributed by atoms with Crippen LogP contribution in [0.1, 0.15) is 10.7 Å². The molecule has 0 aromatic carbocycles. The highest BCUT2D eigenvalue weighted by atomic mass is 35.5. The van der Waals surface area contributed by atoms with E-state index in [0.717, 1.165) is 9.91 Å². The molecule has 0 bridgehead atoms. The minimum absolute atomic E-state index is 0.0912. The molecule has 1 fully saturated rings. The number of aromatic nitrogens is 1. The fourth-order valence-electron chi connectivity index (χ4n) is 2.46. The Bertz CT molecular complexity index is 733. The van der Waals surface area contributed by atoms with Gasteiger partial charge in [0, 0.05) is 11.1 Å². The van der Waals surface area contributed by atoms with Crippen molar-refractivity contribution < 1.29 is 19.5 Å². The Morgan fingerprint density at radius 2 is 2.30 bits per heavy atom. The summed E-state index contributed by atoms with van der Waals surface area (Å²) in [5, 5.41) is 14.2. The van der Waals surface area contributed by atoms with Crippen LogP contribution in [-0.2, 0) is 20.8 Å². The molecule has 3 rings (SSSR count). The lowest BCUT2D eigenvalue weighted by molar-refractivity contribution is -0.150. The predicted octanol–water partition coefficient (Wildman–Crippen LogP) is 0.929. The van der Waals surface area contributed by atoms with Crippen LogP contribution in [0.25, 0.3) is 0 Å². The van der Waals surface area contributed by atoms with E-state index in [0.29, 0.717) is 11.4 Å². The van der Waals surface area contributed by atoms with E-state index in [1.165, 1.54) is 23.1 Å². The van der Waals surface area contributed by atoms with E-state index < -0.39 is 23.3 Å². The molecule has 0 aliphatic carbocycles. The number of hydrogen-bond acceptors (Lipinski definition) is 6. The monoisotopic (exact) mass is 373 g/mol. The number of hydrogen-bond donors (Lipinski definition) is 2. The number of carbonyl (C=O) groups excluding carboxylic acids is 2. The Morgan fingerprint density at radius 1 is 1.57 bits per heavy atom. The Balaban J connectivity index is 1.66. The van der Waals surface area contributed by atoms with Crippen LogP contribution in [0, 0.1) is 6.92 Å². The molecule has 2 aliphatic rings. The van der Waals surface area contributed by atoms with E-state index in [1.807, 2.05) is 6.92 Å². The first-order chi connectivity index (χ1) is 10.9. The molecule has 2 aliphatic heterocycles. The number of amides is 2. The fourth-order valence-corrected chi connectivity index (χ4v) is 4.62. The number of rotatable bonds is 4. The minimum atomic E-state index is -1.24. The van der Waals surface area contributed by atoms with Crippen molar-refractivity contribution in [1.82, 2.24) is 15.2 Å². The highest BCUT2D eigenvalue weighted by molar-refractivity contribution is 8.00. The third-order valence-corrected chi connectivity index (χ3v) is 6.02. The first kappa shape index (κ1) is 16.3. The average Bonchev–Trinajstić information content (AvgIpc) is 2.89. The van der Waals surface area contributed by atoms with E-state index in [2.05, 4.69) is 10.3 Å². The standard InChI is InChI=1S/C13H12ClN3O4S2/c1-5-15-6(3-22-5)2-8(18)16-9-11(19)17-10(13(20)21)7(14)4-23-12(9)17/h3,9,12H,2,4H2,1H3,(H,16,18)(H,20,21)/t9-,12-/m1/s1. The average molecular weight is 374 g/mol. The first-order valence-corrected chi connectivity index (χ1v) is 8.96. The number of fused-ring (bicyclic) bond motifs is 1. The Kier molecular flexibility index (Phi) is 4.35. The van der Waals surface area contributed by atoms with Crippen LogP contribution in [0.15, 0.2) is 16.1 Å². The first-order valence-electron chi connectivity index (χ1n) is 6.65. The van der Waals surface area contributed by atoms with Gasteiger partial charge in [-0.1, -0.05) is 11.6 Å². The largest absolute Gasteiger partial charge is 0.477 e. The van der Waals surface area contributed by atoms with Gasteiger partial charge in [0.2, 0.25) is 5.91 Å². The summed E-state index contributed by atoms with van der Waals surface area (Å²) in [7, 11) is 0. The molecule has 23 heavy (non-hydrogen) atoms. The molecular weight excluding hydrogens is 362 g/mol. The number of carboxylic acid groups (broad SMARTS) is 1. The third-order valence-electron chi connectivity index (χ3n) is 3.45. The topological polar surface area (TPSA) is 99.6 Å². The predicted molar refractivity (Wildman–Crippen MR) is 86.1 cm³/mol. The van der Waals surface area contributed by atoms with Gasteiger partial charge in [-0.05, 0) is 6.92 Å². The number of β-lactam (4-membered cyclic amide) rings is 1. The highest BCUT2D eigenvalue weighted by Crippen LogP contribution is 2.41. The van der Waals surface area contributed by atoms with Crippen LogP contribution >= 0.6 is 34.7 Å². The summed E-state index contributed by atoms with van der Waals surface area (Å²) in [5.74, 6) is -1.71. The van der Waals surface area contributed by atoms with Crippen LogP contribution in [0.3, 0.4) is 0 Å². The van der Waals surface area contributed by atoms with Gasteiger partial charge in [-0.3, -0.25) is 14.5 Å². The van der Waals surface area contributed by atoms with E-state index >= 15 is 0 Å². The van der Waals surface area contributed by atoms with Crippen LogP contribution in [-0.4, -0.2) is 49.9 Å². The minimum Gasteiger partial charge on any atom is -0.477 e. The number of nitrogens with one attached hydrogen (secondary N) is 1. The molecular formula is C13H12ClN3O4S2. The summed E-state index contributed by atoms with van der Waals surface area (Å²) in [6, 6.07) is -0.730. The van der Waals surface area contributed by atoms with Gasteiger partial charge < -0.3 is 10.4 Å². The molecule has 1 aromatic rings. The van der Waals surface area contributed by atoms with Crippen LogP contribution in [0.4, 0.5) is 0 Å². The van der Waals surface area contributed by atoms with Crippen LogP contribution < -0.4 is 5.32 Å². The van der Waals surface area contributed by atoms with Crippen molar-refractivity contribution in [3.05, 3.63) is 26.8 Å². The smallest absolute Gasteiger partial charge is 0.353 e. The Morgan fingerprint density at radius 3 is 2.91 bits per heavy atom. The van der Waals surface area contributed by atoms with Crippen molar-refractivity contribution in [2.24, 2.45) is 0 Å². The van der Waals surface area contributed by atoms with Crippen molar-refractivity contribution in [3.63, 3.8) is 0 Å². The molecule has 1 saturated heterocycles. The lowest BCUT2D eigenvalue weighted by Gasteiger charge is -2.48. The lowest BCUT2D eigenvalue weighted by atomic mass is 10.0. The molecule has 7 nitrogen and oxygen atoms in total. The summed E-state index contributed by atoms with van der Waals surface area (Å²) >= 11 is 8.67. The molecule has 2 atom stereocenters. The van der Waals surface area contributed by atoms with Gasteiger partial charge in [0.15, 0.2) is 0 Å². The quantitative estimate of drug-likeness (QED) is 0.761. The van der Waals surface area contributed by atoms with Gasteiger partial charge in [0.25, 0.3) is 5.91 Å². The SMILES string of the molecule is Cc1nc(CC(=O)N[C@@H]2C(=O)N3C(C(=O)O)=C(Cl)CS[C@H]23)cs1. The van der Waals surface area contributed by atoms with Crippen molar-refractivity contribution in [2.45, 2.75) is 24.8 Å². The number of nitrogens with zero attached hydrogens (tertiary/aromatic N) is 2. The molecule has 0 radical (unpaired) electrons. The summed E-state index contributed by atoms with van der Waals surface area (Å²) in [5.41, 5.74) is 0.458. The number of carbonyl (C=O) groups is 3. The van der Waals surface area contributed by atoms with E-state index in [4.69, 9.17) is 11.6 Å². The van der Waals surface area contributed by atoms with Gasteiger partial charge in [-0.25, -0.2) is 9.78 Å². The van der Waals surface area contributed by atoms with Gasteiger partial charge in [0.05, 0.1) is 22.2 Å². The summed E-state index contributed by atoms with van der Waals surface area (Å²) in [6.45, 7) is 1.85. The number of thioether (sulfide) groups is 1. The van der Waals surface area contributed by atoms with Crippen molar-refractivity contribution in [1.29, 1.82) is 0 Å². The molecule has 0 spiro atoms. The maximum Gasteiger partial charge on any atom is 0.353 e. The van der Waals surface area contributed by atoms with E-state index in [9.17, 15) is 19.5 Å². The van der Waals surface area contributed by atoms with Crippen LogP contribution in [0.2, 0.25) is 0 Å². The number of aliphatic carboxylic acids is 1. The zero-order valence-corrected chi connectivity index (χ0v) is 14.3. The van der Waals surface area contributed by atoms with Gasteiger partial charge in [-0.2, -0.15) is 0 Å². The maximum atomic E-state index is 12.2. The van der Waals surface area contributed by atoms with E-state index in [-0.39, 0.29) is 23.1 Å². The number of halogens is 1. The van der Waals surface area contributed by atoms with E-state index in [1.54, 1.807) is 5.38 Å². The second kappa shape index (κ2) is 6.14. The molecule has 10 heteroatoms. The van der Waals surface area contributed by atoms with Crippen molar-refractivity contribution >= 4 is 52.5 Å². The fraction of sp³-hybridized carbons (Fsp3) is 0.385. The van der Waals surface area contributed by atoms with Gasteiger partial charge >= 0.3 is 5.97 Å². The Labute approximate surface area is 144 Å². The van der Waals surface area contributed by atoms with Crippen molar-refractivity contribution in [3.8, 4) is 0 Å². The lowest BCUT2D eigenvalue weighted by Crippen LogP contribution is -2.70. The molecule has 3 heterocycles. The summed E-state index contributed by atoms with van der Waals surface area (Å²) in [4.78, 5) is 40.8. The third kappa shape index (κ3) is 2.96. The number of thiazole rings is 1. The summed E-state index contributed by atoms with van der Waals surface area (Å²) in [6.07, 6.45) is 0.0912. The highest BCUT2D eigenvalue weighted by Gasteiger charge is 2.54. The molecule has 2 N–H and O–H groups in total. The van der Waals surface area contributed by atoms with Crippen LogP contribution in [0.5, 0.6) is 0 Å². The summed E-state index contributed by atoms with van der Waals surface area (Å²) < 4.78 is 0. The zero-order chi connectivity index (χ0) is 16.7. The molecule has 122 valence electrons. The number of carboxylic acids is 1. The maximum absolute atomic E-state index is 12.2. The second-order valence-corrected chi connectivity index (χ2v) is 7.67. The molecule has 1 aromatic heterocycles. The number of aryl methyl sites for hydroxylation is 1. The molecule has 0 unspecified atom stereocenters. The zero-order valence-electron chi connectivity index (χ0n) is 11.9. The second-order valence-electron chi connectivity index (χ2n) is 5.05.